The molecular weight excluding hydrogens is 264 g/mol. The van der Waals surface area contributed by atoms with E-state index >= 15 is 0 Å². The van der Waals surface area contributed by atoms with Crippen molar-refractivity contribution in [3.05, 3.63) is 47.8 Å². The van der Waals surface area contributed by atoms with Gasteiger partial charge in [-0.3, -0.25) is 0 Å². The van der Waals surface area contributed by atoms with E-state index in [-0.39, 0.29) is 11.8 Å². The molecule has 0 unspecified atom stereocenters. The minimum Gasteiger partial charge on any atom is -0.421 e. The third kappa shape index (κ3) is 3.08. The molecule has 0 amide bonds. The summed E-state index contributed by atoms with van der Waals surface area (Å²) in [5.74, 6) is -2.24. The summed E-state index contributed by atoms with van der Waals surface area (Å²) in [6.45, 7) is 0.694. The molecule has 3 rings (SSSR count). The van der Waals surface area contributed by atoms with Crippen molar-refractivity contribution in [2.75, 3.05) is 0 Å². The van der Waals surface area contributed by atoms with Crippen LogP contribution in [0.3, 0.4) is 0 Å². The van der Waals surface area contributed by atoms with Crippen molar-refractivity contribution in [3.8, 4) is 11.8 Å². The summed E-state index contributed by atoms with van der Waals surface area (Å²) in [6, 6.07) is 4.30. The molecule has 20 heavy (non-hydrogen) atoms. The molecule has 104 valence electrons. The monoisotopic (exact) mass is 277 g/mol. The Hall–Kier alpha value is -2.08. The van der Waals surface area contributed by atoms with Crippen LogP contribution >= 0.6 is 0 Å². The molecule has 0 bridgehead atoms. The molecule has 1 aliphatic carbocycles. The maximum atomic E-state index is 13.4. The average Bonchev–Trinajstić information content (AvgIpc) is 3.27. The van der Waals surface area contributed by atoms with Crippen molar-refractivity contribution in [3.63, 3.8) is 0 Å². The molecule has 6 heteroatoms. The lowest BCUT2D eigenvalue weighted by Crippen LogP contribution is -2.15. The number of aromatic nitrogens is 2. The Morgan fingerprint density at radius 2 is 1.95 bits per heavy atom. The number of nitrogens with one attached hydrogen (secondary N) is 1. The van der Waals surface area contributed by atoms with Gasteiger partial charge in [-0.05, 0) is 25.0 Å². The predicted molar refractivity (Wildman–Crippen MR) is 68.3 cm³/mol. The topological polar surface area (TPSA) is 47.0 Å². The van der Waals surface area contributed by atoms with Gasteiger partial charge in [0.25, 0.3) is 0 Å². The molecule has 1 saturated carbocycles. The van der Waals surface area contributed by atoms with Crippen LogP contribution in [0.15, 0.2) is 30.6 Å². The van der Waals surface area contributed by atoms with E-state index < -0.39 is 11.6 Å². The third-order valence-corrected chi connectivity index (χ3v) is 2.97. The molecule has 0 radical (unpaired) electrons. The normalized spacial score (nSPS) is 14.3. The Kier molecular flexibility index (Phi) is 3.56. The summed E-state index contributed by atoms with van der Waals surface area (Å²) >= 11 is 0. The van der Waals surface area contributed by atoms with E-state index in [0.29, 0.717) is 12.6 Å². The SMILES string of the molecule is Fc1cccc(Oc2ncc(CNC3CC3)cn2)c1F. The summed E-state index contributed by atoms with van der Waals surface area (Å²) in [5.41, 5.74) is 0.920. The molecule has 1 N–H and O–H groups in total. The summed E-state index contributed by atoms with van der Waals surface area (Å²) < 4.78 is 31.6. The van der Waals surface area contributed by atoms with Gasteiger partial charge in [-0.1, -0.05) is 6.07 Å². The zero-order valence-electron chi connectivity index (χ0n) is 10.6. The van der Waals surface area contributed by atoms with Gasteiger partial charge in [0.2, 0.25) is 5.82 Å². The average molecular weight is 277 g/mol. The predicted octanol–water partition coefficient (Wildman–Crippen LogP) is 2.80. The van der Waals surface area contributed by atoms with Crippen LogP contribution in [-0.4, -0.2) is 16.0 Å². The number of nitrogens with zero attached hydrogens (tertiary/aromatic N) is 2. The van der Waals surface area contributed by atoms with E-state index in [4.69, 9.17) is 4.74 Å². The Bertz CT molecular complexity index is 600. The van der Waals surface area contributed by atoms with E-state index in [1.165, 1.54) is 25.0 Å². The molecule has 0 spiro atoms. The quantitative estimate of drug-likeness (QED) is 0.913. The highest BCUT2D eigenvalue weighted by Gasteiger charge is 2.20. The lowest BCUT2D eigenvalue weighted by atomic mass is 10.3. The largest absolute Gasteiger partial charge is 0.421 e. The van der Waals surface area contributed by atoms with Crippen LogP contribution in [0.5, 0.6) is 11.8 Å². The second-order valence-electron chi connectivity index (χ2n) is 4.68. The van der Waals surface area contributed by atoms with E-state index in [9.17, 15) is 8.78 Å². The van der Waals surface area contributed by atoms with Crippen LogP contribution in [0, 0.1) is 11.6 Å². The Morgan fingerprint density at radius 1 is 1.20 bits per heavy atom. The molecular formula is C14H13F2N3O. The smallest absolute Gasteiger partial charge is 0.321 e. The summed E-state index contributed by atoms with van der Waals surface area (Å²) in [4.78, 5) is 7.96. The molecule has 1 aromatic heterocycles. The minimum absolute atomic E-state index is 0.00956. The lowest BCUT2D eigenvalue weighted by Gasteiger charge is -2.06. The maximum Gasteiger partial charge on any atom is 0.321 e. The molecule has 0 saturated heterocycles. The highest BCUT2D eigenvalue weighted by atomic mass is 19.2. The van der Waals surface area contributed by atoms with Crippen molar-refractivity contribution >= 4 is 0 Å². The highest BCUT2D eigenvalue weighted by Crippen LogP contribution is 2.23. The second kappa shape index (κ2) is 5.50. The number of hydrogen-bond donors (Lipinski definition) is 1. The number of ether oxygens (including phenoxy) is 1. The van der Waals surface area contributed by atoms with E-state index in [2.05, 4.69) is 15.3 Å². The van der Waals surface area contributed by atoms with E-state index in [0.717, 1.165) is 11.6 Å². The van der Waals surface area contributed by atoms with Crippen LogP contribution in [-0.2, 0) is 6.54 Å². The standard InChI is InChI=1S/C14H13F2N3O/c15-11-2-1-3-12(13(11)16)20-14-18-7-9(8-19-14)6-17-10-4-5-10/h1-3,7-8,10,17H,4-6H2. The first-order valence-corrected chi connectivity index (χ1v) is 6.38. The van der Waals surface area contributed by atoms with Gasteiger partial charge in [0.05, 0.1) is 0 Å². The molecule has 2 aromatic rings. The summed E-state index contributed by atoms with van der Waals surface area (Å²) in [5, 5.41) is 3.33. The van der Waals surface area contributed by atoms with Gasteiger partial charge in [0.15, 0.2) is 11.6 Å². The van der Waals surface area contributed by atoms with E-state index in [1.54, 1.807) is 12.4 Å². The third-order valence-electron chi connectivity index (χ3n) is 2.97. The number of hydrogen-bond acceptors (Lipinski definition) is 4. The zero-order chi connectivity index (χ0) is 13.9. The zero-order valence-corrected chi connectivity index (χ0v) is 10.6. The number of benzene rings is 1. The van der Waals surface area contributed by atoms with Crippen molar-refractivity contribution in [1.29, 1.82) is 0 Å². The fourth-order valence-corrected chi connectivity index (χ4v) is 1.70. The molecule has 0 atom stereocenters. The molecule has 4 nitrogen and oxygen atoms in total. The van der Waals surface area contributed by atoms with Crippen molar-refractivity contribution in [1.82, 2.24) is 15.3 Å². The number of halogens is 2. The van der Waals surface area contributed by atoms with Gasteiger partial charge in [0, 0.05) is 30.5 Å². The van der Waals surface area contributed by atoms with Crippen molar-refractivity contribution < 1.29 is 13.5 Å². The molecule has 1 aliphatic rings. The summed E-state index contributed by atoms with van der Waals surface area (Å²) in [6.07, 6.45) is 5.63. The van der Waals surface area contributed by atoms with Crippen LogP contribution in [0.2, 0.25) is 0 Å². The first-order valence-electron chi connectivity index (χ1n) is 6.38. The first kappa shape index (κ1) is 12.9. The fourth-order valence-electron chi connectivity index (χ4n) is 1.70. The van der Waals surface area contributed by atoms with Crippen LogP contribution in [0.1, 0.15) is 18.4 Å². The van der Waals surface area contributed by atoms with Gasteiger partial charge >= 0.3 is 6.01 Å². The van der Waals surface area contributed by atoms with Crippen LogP contribution in [0.25, 0.3) is 0 Å². The maximum absolute atomic E-state index is 13.4. The van der Waals surface area contributed by atoms with Gasteiger partial charge in [-0.25, -0.2) is 14.4 Å². The highest BCUT2D eigenvalue weighted by molar-refractivity contribution is 5.27. The van der Waals surface area contributed by atoms with Gasteiger partial charge in [-0.15, -0.1) is 0 Å². The summed E-state index contributed by atoms with van der Waals surface area (Å²) in [7, 11) is 0. The van der Waals surface area contributed by atoms with Crippen molar-refractivity contribution in [2.45, 2.75) is 25.4 Å². The first-order chi connectivity index (χ1) is 9.72. The molecule has 1 fully saturated rings. The second-order valence-corrected chi connectivity index (χ2v) is 4.68. The van der Waals surface area contributed by atoms with Gasteiger partial charge in [0.1, 0.15) is 0 Å². The van der Waals surface area contributed by atoms with Crippen LogP contribution in [0.4, 0.5) is 8.78 Å². The Labute approximate surface area is 114 Å². The molecule has 1 heterocycles. The molecule has 0 aliphatic heterocycles. The van der Waals surface area contributed by atoms with Gasteiger partial charge in [-0.2, -0.15) is 4.39 Å². The van der Waals surface area contributed by atoms with Crippen LogP contribution < -0.4 is 10.1 Å². The van der Waals surface area contributed by atoms with Gasteiger partial charge < -0.3 is 10.1 Å². The van der Waals surface area contributed by atoms with E-state index in [1.807, 2.05) is 0 Å². The fraction of sp³-hybridized carbons (Fsp3) is 0.286. The number of rotatable bonds is 5. The lowest BCUT2D eigenvalue weighted by molar-refractivity contribution is 0.392. The Morgan fingerprint density at radius 3 is 2.65 bits per heavy atom. The molecule has 1 aromatic carbocycles. The van der Waals surface area contributed by atoms with Crippen molar-refractivity contribution in [2.24, 2.45) is 0 Å². The Balaban J connectivity index is 1.66. The minimum atomic E-state index is -1.05.